The Morgan fingerprint density at radius 1 is 0.769 bits per heavy atom. The molecule has 192 valence electrons. The minimum absolute atomic E-state index is 0. The van der Waals surface area contributed by atoms with Gasteiger partial charge in [0.2, 0.25) is 0 Å². The van der Waals surface area contributed by atoms with Gasteiger partial charge in [0.25, 0.3) is 0 Å². The maximum absolute atomic E-state index is 6.28. The van der Waals surface area contributed by atoms with Gasteiger partial charge in [-0.3, -0.25) is 9.97 Å². The largest absolute Gasteiger partial charge is 2.00 e. The average Bonchev–Trinajstić information content (AvgIpc) is 3.33. The number of hydrogen-bond donors (Lipinski definition) is 0. The molecule has 0 saturated carbocycles. The molecule has 3 aromatic carbocycles. The van der Waals surface area contributed by atoms with E-state index in [1.807, 2.05) is 67.0 Å². The molecule has 0 radical (unpaired) electrons. The average molecular weight is 599 g/mol. The summed E-state index contributed by atoms with van der Waals surface area (Å²) in [7, 11) is 0. The Labute approximate surface area is 240 Å². The maximum atomic E-state index is 6.28. The van der Waals surface area contributed by atoms with Crippen molar-refractivity contribution in [3.63, 3.8) is 0 Å². The minimum atomic E-state index is 0. The van der Waals surface area contributed by atoms with Crippen molar-refractivity contribution >= 4 is 38.5 Å². The number of para-hydroxylation sites is 2. The molecule has 0 N–H and O–H groups in total. The van der Waals surface area contributed by atoms with E-state index in [2.05, 4.69) is 66.6 Å². The molecular weight excluding hydrogens is 575 g/mol. The predicted molar refractivity (Wildman–Crippen MR) is 152 cm³/mol. The molecule has 0 aliphatic rings. The van der Waals surface area contributed by atoms with Gasteiger partial charge in [0, 0.05) is 23.9 Å². The molecule has 0 aliphatic carbocycles. The van der Waals surface area contributed by atoms with E-state index in [0.717, 1.165) is 49.7 Å². The Kier molecular flexibility index (Phi) is 6.18. The standard InChI is InChI=1S/C33H24N4O.Pd/c1-33(2,3)22-15-17-34-28(19-22)21-8-6-9-23(18-21)38-24-13-14-25-26(20-24)32-36-27-10-4-5-11-29(27)37(32)30-12-7-16-35-31(25)30;/h4-17,19H,1-3H3;/q-2;+2. The molecule has 0 unspecified atom stereocenters. The number of ether oxygens (including phenoxy) is 1. The van der Waals surface area contributed by atoms with Gasteiger partial charge in [0.1, 0.15) is 0 Å². The number of fused-ring (bicyclic) bond motifs is 8. The number of benzene rings is 3. The molecule has 0 bridgehead atoms. The molecule has 39 heavy (non-hydrogen) atoms. The summed E-state index contributed by atoms with van der Waals surface area (Å²) in [6.45, 7) is 6.59. The molecule has 7 aromatic rings. The van der Waals surface area contributed by atoms with Crippen molar-refractivity contribution < 1.29 is 25.2 Å². The van der Waals surface area contributed by atoms with Crippen molar-refractivity contribution in [3.05, 3.63) is 109 Å². The number of hydrogen-bond acceptors (Lipinski definition) is 4. The van der Waals surface area contributed by atoms with Gasteiger partial charge in [-0.25, -0.2) is 0 Å². The van der Waals surface area contributed by atoms with Crippen molar-refractivity contribution in [2.75, 3.05) is 0 Å². The van der Waals surface area contributed by atoms with Crippen LogP contribution < -0.4 is 4.74 Å². The van der Waals surface area contributed by atoms with Gasteiger partial charge in [-0.05, 0) is 47.0 Å². The first-order valence-corrected chi connectivity index (χ1v) is 12.6. The number of nitrogens with zero attached hydrogens (tertiary/aromatic N) is 4. The van der Waals surface area contributed by atoms with Crippen LogP contribution in [0.4, 0.5) is 0 Å². The second-order valence-corrected chi connectivity index (χ2v) is 10.5. The Morgan fingerprint density at radius 2 is 1.59 bits per heavy atom. The zero-order valence-corrected chi connectivity index (χ0v) is 23.2. The van der Waals surface area contributed by atoms with E-state index in [-0.39, 0.29) is 25.8 Å². The van der Waals surface area contributed by atoms with E-state index in [1.165, 1.54) is 5.56 Å². The minimum Gasteiger partial charge on any atom is -0.497 e. The van der Waals surface area contributed by atoms with Crippen molar-refractivity contribution in [1.29, 1.82) is 0 Å². The number of rotatable bonds is 3. The van der Waals surface area contributed by atoms with Crippen LogP contribution in [0.1, 0.15) is 26.3 Å². The molecule has 0 aliphatic heterocycles. The fourth-order valence-corrected chi connectivity index (χ4v) is 4.95. The molecule has 4 heterocycles. The molecule has 0 spiro atoms. The van der Waals surface area contributed by atoms with Crippen LogP contribution in [0.3, 0.4) is 0 Å². The third kappa shape index (κ3) is 4.36. The summed E-state index contributed by atoms with van der Waals surface area (Å²) in [5, 5.41) is 1.84. The quantitative estimate of drug-likeness (QED) is 0.118. The smallest absolute Gasteiger partial charge is 0.497 e. The van der Waals surface area contributed by atoms with Crippen LogP contribution in [0.2, 0.25) is 0 Å². The fraction of sp³-hybridized carbons (Fsp3) is 0.121. The van der Waals surface area contributed by atoms with Gasteiger partial charge in [0.15, 0.2) is 0 Å². The summed E-state index contributed by atoms with van der Waals surface area (Å²) in [5.41, 5.74) is 7.71. The summed E-state index contributed by atoms with van der Waals surface area (Å²) < 4.78 is 8.44. The Balaban J connectivity index is 0.00000277. The number of aromatic nitrogens is 4. The summed E-state index contributed by atoms with van der Waals surface area (Å²) >= 11 is 0. The van der Waals surface area contributed by atoms with E-state index < -0.39 is 0 Å². The van der Waals surface area contributed by atoms with Gasteiger partial charge in [-0.1, -0.05) is 67.9 Å². The van der Waals surface area contributed by atoms with Gasteiger partial charge in [-0.15, -0.1) is 29.8 Å². The summed E-state index contributed by atoms with van der Waals surface area (Å²) in [6, 6.07) is 33.1. The van der Waals surface area contributed by atoms with Crippen molar-refractivity contribution in [1.82, 2.24) is 19.4 Å². The number of pyridine rings is 3. The third-order valence-corrected chi connectivity index (χ3v) is 6.88. The van der Waals surface area contributed by atoms with Crippen molar-refractivity contribution in [2.24, 2.45) is 0 Å². The van der Waals surface area contributed by atoms with Gasteiger partial charge in [0.05, 0.1) is 27.7 Å². The van der Waals surface area contributed by atoms with Crippen LogP contribution >= 0.6 is 0 Å². The predicted octanol–water partition coefficient (Wildman–Crippen LogP) is 7.94. The summed E-state index contributed by atoms with van der Waals surface area (Å²) in [6.07, 6.45) is 3.67. The van der Waals surface area contributed by atoms with Gasteiger partial charge < -0.3 is 14.1 Å². The van der Waals surface area contributed by atoms with E-state index in [1.54, 1.807) is 0 Å². The third-order valence-electron chi connectivity index (χ3n) is 6.88. The van der Waals surface area contributed by atoms with E-state index in [0.29, 0.717) is 11.5 Å². The number of imidazole rings is 1. The second kappa shape index (κ2) is 9.57. The Hall–Kier alpha value is -4.11. The first-order valence-electron chi connectivity index (χ1n) is 12.6. The van der Waals surface area contributed by atoms with E-state index in [4.69, 9.17) is 14.7 Å². The van der Waals surface area contributed by atoms with Crippen LogP contribution in [0.5, 0.6) is 11.5 Å². The van der Waals surface area contributed by atoms with Crippen molar-refractivity contribution in [2.45, 2.75) is 26.2 Å². The Bertz CT molecular complexity index is 2010. The van der Waals surface area contributed by atoms with E-state index in [9.17, 15) is 0 Å². The zero-order chi connectivity index (χ0) is 25.9. The normalized spacial score (nSPS) is 11.8. The molecule has 5 nitrogen and oxygen atoms in total. The topological polar surface area (TPSA) is 52.3 Å². The maximum Gasteiger partial charge on any atom is 2.00 e. The summed E-state index contributed by atoms with van der Waals surface area (Å²) in [5.74, 6) is 1.19. The first kappa shape index (κ1) is 25.2. The molecule has 0 fully saturated rings. The van der Waals surface area contributed by atoms with Crippen LogP contribution in [0.25, 0.3) is 49.7 Å². The van der Waals surface area contributed by atoms with Crippen LogP contribution in [0.15, 0.2) is 91.3 Å². The van der Waals surface area contributed by atoms with Crippen LogP contribution in [0, 0.1) is 12.1 Å². The van der Waals surface area contributed by atoms with Gasteiger partial charge in [-0.2, -0.15) is 0 Å². The molecule has 0 saturated heterocycles. The molecule has 7 rings (SSSR count). The van der Waals surface area contributed by atoms with Gasteiger partial charge >= 0.3 is 20.4 Å². The monoisotopic (exact) mass is 598 g/mol. The molecule has 0 amide bonds. The molecular formula is C33H24N4OPd. The van der Waals surface area contributed by atoms with Crippen molar-refractivity contribution in [3.8, 4) is 22.8 Å². The zero-order valence-electron chi connectivity index (χ0n) is 21.7. The second-order valence-electron chi connectivity index (χ2n) is 10.5. The van der Waals surface area contributed by atoms with Crippen LogP contribution in [-0.4, -0.2) is 19.4 Å². The summed E-state index contributed by atoms with van der Waals surface area (Å²) in [4.78, 5) is 14.2. The SMILES string of the molecule is CC(C)(C)c1ccnc(-c2[c-]c(Oc3[c-]c4c(cc3)c3ncccc3n3c5ccccc5nc43)ccc2)c1.[Pd+2]. The van der Waals surface area contributed by atoms with E-state index >= 15 is 0 Å². The fourth-order valence-electron chi connectivity index (χ4n) is 4.95. The molecule has 4 aromatic heterocycles. The van der Waals surface area contributed by atoms with Crippen LogP contribution in [-0.2, 0) is 25.8 Å². The molecule has 6 heteroatoms. The Morgan fingerprint density at radius 3 is 2.46 bits per heavy atom. The first-order chi connectivity index (χ1) is 18.5. The molecule has 0 atom stereocenters.